The molecule has 32 heteroatoms. The number of aromatic hydroxyl groups is 1. The van der Waals surface area contributed by atoms with Gasteiger partial charge in [0.05, 0.1) is 5.69 Å². The normalized spacial score (nSPS) is 11.6. The highest BCUT2D eigenvalue weighted by molar-refractivity contribution is 6.67. The topological polar surface area (TPSA) is 419 Å². The van der Waals surface area contributed by atoms with Crippen LogP contribution in [0.5, 0.6) is 28.7 Å². The summed E-state index contributed by atoms with van der Waals surface area (Å²) in [4.78, 5) is 99.5. The maximum absolute atomic E-state index is 12.2. The average molecular weight is 1590 g/mol. The summed E-state index contributed by atoms with van der Waals surface area (Å²) in [6.45, 7) is -4.31. The van der Waals surface area contributed by atoms with E-state index in [-0.39, 0.29) is 34.2 Å². The van der Waals surface area contributed by atoms with Gasteiger partial charge in [0, 0.05) is 134 Å². The lowest BCUT2D eigenvalue weighted by Crippen LogP contribution is -2.19. The van der Waals surface area contributed by atoms with E-state index in [0.29, 0.717) is 71.5 Å². The van der Waals surface area contributed by atoms with E-state index < -0.39 is 62.9 Å². The van der Waals surface area contributed by atoms with Crippen molar-refractivity contribution in [3.8, 4) is 28.7 Å². The number of hydrogen-bond acceptors (Lipinski definition) is 20. The number of carboxylic acid groups (broad SMARTS) is 1. The first kappa shape index (κ1) is 70.4. The molecule has 11 rings (SSSR count). The quantitative estimate of drug-likeness (QED) is 0.0178. The van der Waals surface area contributed by atoms with Crippen LogP contribution in [0.3, 0.4) is 0 Å². The number of carbonyl (C=O) groups is 6. The van der Waals surface area contributed by atoms with Gasteiger partial charge in [-0.3, -0.25) is 39.1 Å². The number of urea groups is 1. The zero-order valence-corrected chi connectivity index (χ0v) is 60.7. The third-order valence-corrected chi connectivity index (χ3v) is 14.2. The first-order valence-electron chi connectivity index (χ1n) is 35.9. The Morgan fingerprint density at radius 2 is 0.860 bits per heavy atom. The van der Waals surface area contributed by atoms with Gasteiger partial charge in [0.1, 0.15) is 57.2 Å². The Hall–Kier alpha value is -12.2. The van der Waals surface area contributed by atoms with Crippen molar-refractivity contribution in [3.05, 3.63) is 295 Å². The van der Waals surface area contributed by atoms with Gasteiger partial charge in [0.25, 0.3) is 23.0 Å². The lowest BCUT2D eigenvalue weighted by Gasteiger charge is -2.10. The molecular weight excluding hydrogens is 1500 g/mol. The van der Waals surface area contributed by atoms with Crippen LogP contribution in [0.15, 0.2) is 230 Å². The minimum atomic E-state index is -2.61. The zero-order chi connectivity index (χ0) is 89.4. The lowest BCUT2D eigenvalue weighted by molar-refractivity contribution is 0.0689. The minimum Gasteiger partial charge on any atom is -0.508 e. The zero-order valence-electron chi connectivity index (χ0n) is 68.2. The summed E-state index contributed by atoms with van der Waals surface area (Å²) in [5, 5.41) is 30.2. The van der Waals surface area contributed by atoms with Gasteiger partial charge < -0.3 is 69.2 Å². The molecule has 5 aromatic heterocycles. The number of benzene rings is 6. The number of halogens is 6. The van der Waals surface area contributed by atoms with E-state index in [0.717, 1.165) is 27.4 Å². The highest BCUT2D eigenvalue weighted by Gasteiger charge is 2.11. The molecule has 0 fully saturated rings. The SMILES string of the molecule is Cc1cc(N)ccc1Cl.Cc1cc(N=C=O)ccc1Cl.Nc1ccc(O)cc1.O=C(Cl)c1cc(Cl)ccn1.O=C(O)c1ccccn1.[2H]C([2H])([2H])N.[2H]C([2H])([2H])NC(=O)c1cc(Cl)ccn1.[2H]C([2H])([2H])NC(=O)c1cc(Oc2ccc(N)cc2)ccn1.[2H]C([2H])([2H])NC(=O)c1cc(Oc2ccc(NC(=O)Nc3ccc(Cl)c(C)c3)cc2)ccn1. The number of aromatic carboxylic acids is 1. The van der Waals surface area contributed by atoms with E-state index in [4.69, 9.17) is 123 Å². The van der Waals surface area contributed by atoms with Crippen molar-refractivity contribution >= 4 is 145 Å². The molecule has 26 nitrogen and oxygen atoms in total. The van der Waals surface area contributed by atoms with E-state index in [1.807, 2.05) is 37.5 Å². The fraction of sp³-hybridized carbons (Fsp3) is 0.0933. The molecule has 0 aliphatic rings. The number of phenolic OH excluding ortho intramolecular Hbond substituents is 1. The van der Waals surface area contributed by atoms with Gasteiger partial charge in [-0.05, 0) is 232 Å². The van der Waals surface area contributed by atoms with E-state index in [2.05, 4.69) is 46.3 Å². The van der Waals surface area contributed by atoms with Gasteiger partial charge in [-0.25, -0.2) is 19.4 Å². The molecule has 0 spiro atoms. The van der Waals surface area contributed by atoms with Gasteiger partial charge in [-0.15, -0.1) is 0 Å². The second-order valence-corrected chi connectivity index (χ2v) is 22.6. The van der Waals surface area contributed by atoms with E-state index >= 15 is 0 Å². The number of pyridine rings is 5. The number of nitrogens with two attached hydrogens (primary N) is 4. The molecule has 15 N–H and O–H groups in total. The molecule has 0 radical (unpaired) electrons. The summed E-state index contributed by atoms with van der Waals surface area (Å²) < 4.78 is 92.1. The Kier molecular flexibility index (Phi) is 32.0. The number of phenols is 1. The minimum absolute atomic E-state index is 0.0198. The number of nitrogen functional groups attached to an aromatic ring is 3. The summed E-state index contributed by atoms with van der Waals surface area (Å²) in [5.74, 6) is -1.50. The second kappa shape index (κ2) is 48.7. The van der Waals surface area contributed by atoms with Crippen LogP contribution in [0.4, 0.5) is 38.9 Å². The molecule has 5 heterocycles. The van der Waals surface area contributed by atoms with Crippen LogP contribution in [0.25, 0.3) is 0 Å². The molecule has 556 valence electrons. The highest BCUT2D eigenvalue weighted by atomic mass is 35.5. The van der Waals surface area contributed by atoms with E-state index in [1.165, 1.54) is 79.5 Å². The molecule has 107 heavy (non-hydrogen) atoms. The van der Waals surface area contributed by atoms with Crippen LogP contribution in [-0.4, -0.2) is 104 Å². The number of ether oxygens (including phenoxy) is 2. The van der Waals surface area contributed by atoms with Crippen LogP contribution in [0.2, 0.25) is 25.1 Å². The number of nitrogens with one attached hydrogen (secondary N) is 5. The number of aromatic nitrogens is 5. The number of aliphatic imine (C=N–C) groups is 1. The summed E-state index contributed by atoms with van der Waals surface area (Å²) in [7, 11) is 0. The van der Waals surface area contributed by atoms with Gasteiger partial charge in [-0.2, -0.15) is 4.99 Å². The molecule has 11 aromatic rings. The largest absolute Gasteiger partial charge is 0.508 e. The fourth-order valence-corrected chi connectivity index (χ4v) is 8.02. The number of rotatable bonds is 12. The van der Waals surface area contributed by atoms with Crippen molar-refractivity contribution in [1.29, 1.82) is 0 Å². The van der Waals surface area contributed by atoms with Crippen LogP contribution in [0, 0.1) is 20.8 Å². The number of hydrogen-bond donors (Lipinski definition) is 11. The Morgan fingerprint density at radius 3 is 1.26 bits per heavy atom. The number of carbonyl (C=O) groups excluding carboxylic acids is 6. The number of carboxylic acids is 1. The Balaban J connectivity index is 0.000000367. The molecule has 0 saturated heterocycles. The molecule has 0 unspecified atom stereocenters. The van der Waals surface area contributed by atoms with Crippen molar-refractivity contribution in [2.24, 2.45) is 10.7 Å². The third-order valence-electron chi connectivity index (χ3n) is 12.3. The average Bonchev–Trinajstić information content (AvgIpc) is 0.857. The van der Waals surface area contributed by atoms with Crippen LogP contribution < -0.4 is 59.0 Å². The number of nitrogens with zero attached hydrogens (tertiary/aromatic N) is 6. The number of amides is 5. The first-order chi connectivity index (χ1) is 55.5. The standard InChI is InChI=1S/C21H19ClN4O3.C13H13N3O2.C8H6ClNO.C7H7ClN2O.C7H8ClN.C6H3Cl2NO.C6H5NO2.C6H7NO.CH5N/c1-13-11-15(5-8-18(13)22)26-21(28)25-14-3-6-16(7-4-14)29-17-9-10-24-19(12-17)20(27)23-2;1-15-13(17)12-8-11(6-7-16-12)18-10-4-2-9(14)3-5-10;1-6-4-7(10-5-11)2-3-8(6)9;1-9-7(11)6-4-5(8)2-3-10-6;1-5-4-6(9)2-3-7(5)8;7-4-1-2-9-5(3-4)6(8)10;8-6(9)5-3-1-2-4-7-5;7-5-1-3-6(8)4-2-5;1-2/h3-12H,1-2H3,(H,23,27)(H2,25,26,28);2-8H,14H2,1H3,(H,15,17);2-4H,1H3;2-4H,1H3,(H,9,11);2-4H,9H2,1H3;1-3H;1-4H,(H,8,9);1-4,8H,7H2;2H2,1H3/i2D3;1D3;;1D3;;;;;1D3. The molecular formula is C75H73Cl6N15O11. The molecule has 0 bridgehead atoms. The Bertz CT molecular complexity index is 5180. The molecule has 0 aliphatic heterocycles. The molecule has 0 saturated carbocycles. The number of isocyanates is 1. The molecule has 5 amide bonds. The van der Waals surface area contributed by atoms with Gasteiger partial charge in [0.15, 0.2) is 0 Å². The fourth-order valence-electron chi connectivity index (χ4n) is 7.24. The van der Waals surface area contributed by atoms with Gasteiger partial charge in [0.2, 0.25) is 6.08 Å². The van der Waals surface area contributed by atoms with Crippen molar-refractivity contribution in [2.45, 2.75) is 20.8 Å². The van der Waals surface area contributed by atoms with Gasteiger partial charge >= 0.3 is 12.0 Å². The molecule has 0 atom stereocenters. The van der Waals surface area contributed by atoms with E-state index in [9.17, 15) is 33.6 Å². The van der Waals surface area contributed by atoms with Crippen LogP contribution >= 0.6 is 69.6 Å². The monoisotopic (exact) mass is 1580 g/mol. The first-order valence-corrected chi connectivity index (χ1v) is 32.1. The van der Waals surface area contributed by atoms with Crippen molar-refractivity contribution in [1.82, 2.24) is 40.9 Å². The highest BCUT2D eigenvalue weighted by Crippen LogP contribution is 2.27. The molecule has 6 aromatic carbocycles. The maximum Gasteiger partial charge on any atom is 0.354 e. The van der Waals surface area contributed by atoms with E-state index in [1.54, 1.807) is 151 Å². The number of anilines is 5. The second-order valence-electron chi connectivity index (χ2n) is 20.2. The molecule has 0 aliphatic carbocycles. The smallest absolute Gasteiger partial charge is 0.354 e. The van der Waals surface area contributed by atoms with Crippen LogP contribution in [0.1, 0.15) is 85.6 Å². The summed E-state index contributed by atoms with van der Waals surface area (Å²) >= 11 is 33.7. The third kappa shape index (κ3) is 35.2. The summed E-state index contributed by atoms with van der Waals surface area (Å²) in [6, 6.07) is 51.3. The number of aryl methyl sites for hydroxylation is 3. The Labute approximate surface area is 663 Å². The summed E-state index contributed by atoms with van der Waals surface area (Å²) in [6.07, 6.45) is 8.37. The predicted molar refractivity (Wildman–Crippen MR) is 422 cm³/mol. The lowest BCUT2D eigenvalue weighted by atomic mass is 10.2. The van der Waals surface area contributed by atoms with Crippen molar-refractivity contribution in [2.75, 3.05) is 55.7 Å². The Morgan fingerprint density at radius 1 is 0.458 bits per heavy atom. The van der Waals surface area contributed by atoms with Crippen molar-refractivity contribution < 1.29 is 69.7 Å². The van der Waals surface area contributed by atoms with Crippen LogP contribution in [-0.2, 0) is 4.79 Å². The van der Waals surface area contributed by atoms with Gasteiger partial charge in [-0.1, -0.05) is 64.1 Å². The maximum atomic E-state index is 12.2. The van der Waals surface area contributed by atoms with Crippen molar-refractivity contribution in [3.63, 3.8) is 0 Å². The summed E-state index contributed by atoms with van der Waals surface area (Å²) in [5.41, 5.74) is 27.4. The predicted octanol–water partition coefficient (Wildman–Crippen LogP) is 16.0.